The molecule has 3 aromatic rings. The summed E-state index contributed by atoms with van der Waals surface area (Å²) in [4.78, 5) is 24.3. The predicted molar refractivity (Wildman–Crippen MR) is 112 cm³/mol. The Balaban J connectivity index is 1.60. The van der Waals surface area contributed by atoms with Crippen molar-refractivity contribution in [3.05, 3.63) is 87.2 Å². The summed E-state index contributed by atoms with van der Waals surface area (Å²) >= 11 is 0. The first-order valence-electron chi connectivity index (χ1n) is 9.61. The molecule has 0 spiro atoms. The van der Waals surface area contributed by atoms with Gasteiger partial charge in [-0.1, -0.05) is 37.3 Å². The summed E-state index contributed by atoms with van der Waals surface area (Å²) in [5.74, 6) is -0.0411. The number of hydrogen-bond acceptors (Lipinski definition) is 4. The number of benzene rings is 2. The molecule has 0 aliphatic carbocycles. The Bertz CT molecular complexity index is 1060. The van der Waals surface area contributed by atoms with Crippen molar-refractivity contribution in [2.24, 2.45) is 0 Å². The van der Waals surface area contributed by atoms with Crippen molar-refractivity contribution in [1.29, 1.82) is 0 Å². The fourth-order valence-corrected chi connectivity index (χ4v) is 2.80. The third-order valence-electron chi connectivity index (χ3n) is 4.78. The Morgan fingerprint density at radius 3 is 2.41 bits per heavy atom. The number of hydrogen-bond donors (Lipinski definition) is 1. The molecule has 1 heterocycles. The molecule has 0 atom stereocenters. The van der Waals surface area contributed by atoms with Gasteiger partial charge in [-0.15, -0.1) is 5.10 Å². The molecular formula is C23H25N3O3. The smallest absolute Gasteiger partial charge is 0.271 e. The third kappa shape index (κ3) is 5.31. The van der Waals surface area contributed by atoms with E-state index in [9.17, 15) is 9.59 Å². The molecule has 0 saturated heterocycles. The molecule has 1 amide bonds. The van der Waals surface area contributed by atoms with Crippen molar-refractivity contribution in [2.45, 2.75) is 33.7 Å². The molecule has 0 aliphatic heterocycles. The molecule has 0 bridgehead atoms. The number of nitrogens with one attached hydrogen (secondary N) is 1. The lowest BCUT2D eigenvalue weighted by Gasteiger charge is -2.10. The van der Waals surface area contributed by atoms with Crippen molar-refractivity contribution in [2.75, 3.05) is 6.61 Å². The molecule has 1 aromatic heterocycles. The lowest BCUT2D eigenvalue weighted by atomic mass is 10.1. The maximum atomic E-state index is 12.2. The van der Waals surface area contributed by atoms with Crippen LogP contribution in [0.2, 0.25) is 0 Å². The van der Waals surface area contributed by atoms with E-state index in [1.165, 1.54) is 22.4 Å². The largest absolute Gasteiger partial charge is 0.467 e. The molecule has 2 aromatic carbocycles. The number of rotatable bonds is 7. The summed E-state index contributed by atoms with van der Waals surface area (Å²) in [6.07, 6.45) is 0.984. The minimum absolute atomic E-state index is 0.175. The van der Waals surface area contributed by atoms with Crippen molar-refractivity contribution < 1.29 is 9.53 Å². The topological polar surface area (TPSA) is 73.2 Å². The molecule has 0 unspecified atom stereocenters. The predicted octanol–water partition coefficient (Wildman–Crippen LogP) is 3.11. The minimum atomic E-state index is -0.263. The van der Waals surface area contributed by atoms with Crippen LogP contribution < -0.4 is 15.6 Å². The molecule has 0 radical (unpaired) electrons. The van der Waals surface area contributed by atoms with Gasteiger partial charge in [0, 0.05) is 18.7 Å². The molecule has 0 saturated carbocycles. The molecular weight excluding hydrogens is 366 g/mol. The first-order valence-corrected chi connectivity index (χ1v) is 9.61. The summed E-state index contributed by atoms with van der Waals surface area (Å²) in [6, 6.07) is 16.6. The molecule has 3 rings (SSSR count). The minimum Gasteiger partial charge on any atom is -0.467 e. The van der Waals surface area contributed by atoms with E-state index in [1.54, 1.807) is 0 Å². The highest BCUT2D eigenvalue weighted by atomic mass is 16.5. The first kappa shape index (κ1) is 20.3. The second-order valence-corrected chi connectivity index (χ2v) is 6.93. The van der Waals surface area contributed by atoms with Gasteiger partial charge in [-0.05, 0) is 54.7 Å². The number of ether oxygens (including phenoxy) is 1. The number of aryl methyl sites for hydroxylation is 3. The van der Waals surface area contributed by atoms with Crippen LogP contribution in [0.1, 0.15) is 29.2 Å². The Hall–Kier alpha value is -3.41. The Morgan fingerprint density at radius 2 is 1.72 bits per heavy atom. The molecule has 0 aliphatic rings. The fourth-order valence-electron chi connectivity index (χ4n) is 2.80. The van der Waals surface area contributed by atoms with E-state index in [1.807, 2.05) is 44.2 Å². The van der Waals surface area contributed by atoms with Gasteiger partial charge in [0.1, 0.15) is 0 Å². The highest BCUT2D eigenvalue weighted by Gasteiger charge is 2.08. The van der Waals surface area contributed by atoms with E-state index in [2.05, 4.69) is 29.5 Å². The normalized spacial score (nSPS) is 10.6. The van der Waals surface area contributed by atoms with Gasteiger partial charge in [-0.3, -0.25) is 9.59 Å². The van der Waals surface area contributed by atoms with Crippen LogP contribution in [0.3, 0.4) is 0 Å². The maximum absolute atomic E-state index is 12.2. The van der Waals surface area contributed by atoms with Crippen LogP contribution in [0.15, 0.2) is 59.4 Å². The van der Waals surface area contributed by atoms with Gasteiger partial charge in [0.15, 0.2) is 6.61 Å². The summed E-state index contributed by atoms with van der Waals surface area (Å²) in [6.45, 7) is 6.34. The molecule has 29 heavy (non-hydrogen) atoms. The van der Waals surface area contributed by atoms with E-state index in [-0.39, 0.29) is 24.0 Å². The summed E-state index contributed by atoms with van der Waals surface area (Å²) in [5, 5.41) is 7.04. The van der Waals surface area contributed by atoms with Crippen LogP contribution in [0, 0.1) is 13.8 Å². The van der Waals surface area contributed by atoms with Crippen LogP contribution in [-0.4, -0.2) is 22.3 Å². The van der Waals surface area contributed by atoms with Crippen LogP contribution in [0.25, 0.3) is 5.69 Å². The fraction of sp³-hybridized carbons (Fsp3) is 0.261. The molecule has 6 nitrogen and oxygen atoms in total. The van der Waals surface area contributed by atoms with E-state index < -0.39 is 0 Å². The summed E-state index contributed by atoms with van der Waals surface area (Å²) < 4.78 is 6.75. The van der Waals surface area contributed by atoms with Crippen LogP contribution >= 0.6 is 0 Å². The molecule has 1 N–H and O–H groups in total. The van der Waals surface area contributed by atoms with Crippen molar-refractivity contribution in [3.8, 4) is 11.6 Å². The van der Waals surface area contributed by atoms with E-state index in [4.69, 9.17) is 4.74 Å². The monoisotopic (exact) mass is 391 g/mol. The Morgan fingerprint density at radius 1 is 1.00 bits per heavy atom. The van der Waals surface area contributed by atoms with Gasteiger partial charge in [0.05, 0.1) is 5.69 Å². The molecule has 6 heteroatoms. The Kier molecular flexibility index (Phi) is 6.44. The lowest BCUT2D eigenvalue weighted by molar-refractivity contribution is -0.123. The van der Waals surface area contributed by atoms with Gasteiger partial charge < -0.3 is 10.1 Å². The Labute approximate surface area is 170 Å². The number of nitrogens with zero attached hydrogens (tertiary/aromatic N) is 2. The van der Waals surface area contributed by atoms with Gasteiger partial charge in [-0.2, -0.15) is 4.68 Å². The zero-order valence-electron chi connectivity index (χ0n) is 16.9. The number of aromatic nitrogens is 2. The first-order chi connectivity index (χ1) is 14.0. The zero-order valence-corrected chi connectivity index (χ0v) is 16.9. The lowest BCUT2D eigenvalue weighted by Crippen LogP contribution is -2.29. The van der Waals surface area contributed by atoms with Gasteiger partial charge in [-0.25, -0.2) is 0 Å². The standard InChI is InChI=1S/C23H25N3O3/c1-4-18-6-8-19(9-7-18)14-24-21(27)15-29-22-11-12-23(28)26(25-22)20-10-5-16(2)17(3)13-20/h5-13H,4,14-15H2,1-3H3,(H,24,27). The highest BCUT2D eigenvalue weighted by molar-refractivity contribution is 5.77. The van der Waals surface area contributed by atoms with Crippen LogP contribution in [0.5, 0.6) is 5.88 Å². The molecule has 150 valence electrons. The van der Waals surface area contributed by atoms with Gasteiger partial charge >= 0.3 is 0 Å². The highest BCUT2D eigenvalue weighted by Crippen LogP contribution is 2.13. The van der Waals surface area contributed by atoms with Crippen molar-refractivity contribution >= 4 is 5.91 Å². The van der Waals surface area contributed by atoms with Crippen LogP contribution in [0.4, 0.5) is 0 Å². The van der Waals surface area contributed by atoms with Gasteiger partial charge in [0.25, 0.3) is 11.5 Å². The third-order valence-corrected chi connectivity index (χ3v) is 4.78. The van der Waals surface area contributed by atoms with Crippen LogP contribution in [-0.2, 0) is 17.8 Å². The van der Waals surface area contributed by atoms with Crippen molar-refractivity contribution in [1.82, 2.24) is 15.1 Å². The number of carbonyl (C=O) groups excluding carboxylic acids is 1. The average Bonchev–Trinajstić information content (AvgIpc) is 2.74. The second kappa shape index (κ2) is 9.19. The van der Waals surface area contributed by atoms with E-state index >= 15 is 0 Å². The average molecular weight is 391 g/mol. The zero-order chi connectivity index (χ0) is 20.8. The maximum Gasteiger partial charge on any atom is 0.271 e. The van der Waals surface area contributed by atoms with E-state index in [0.717, 1.165) is 23.1 Å². The summed E-state index contributed by atoms with van der Waals surface area (Å²) in [5.41, 5.74) is 4.87. The molecule has 0 fully saturated rings. The van der Waals surface area contributed by atoms with Gasteiger partial charge in [0.2, 0.25) is 5.88 Å². The second-order valence-electron chi connectivity index (χ2n) is 6.93. The van der Waals surface area contributed by atoms with E-state index in [0.29, 0.717) is 12.2 Å². The number of carbonyl (C=O) groups is 1. The number of amides is 1. The van der Waals surface area contributed by atoms with Crippen molar-refractivity contribution in [3.63, 3.8) is 0 Å². The quantitative estimate of drug-likeness (QED) is 0.672. The SMILES string of the molecule is CCc1ccc(CNC(=O)COc2ccc(=O)n(-c3ccc(C)c(C)c3)n2)cc1. The summed E-state index contributed by atoms with van der Waals surface area (Å²) in [7, 11) is 0.